The maximum Gasteiger partial charge on any atom is 0.240 e. The Bertz CT molecular complexity index is 441. The lowest BCUT2D eigenvalue weighted by Gasteiger charge is -2.52. The average Bonchev–Trinajstić information content (AvgIpc) is 2.91. The molecule has 1 aromatic rings. The second kappa shape index (κ2) is 5.79. The van der Waals surface area contributed by atoms with Gasteiger partial charge in [-0.25, -0.2) is 0 Å². The van der Waals surface area contributed by atoms with E-state index in [1.807, 2.05) is 0 Å². The Morgan fingerprint density at radius 1 is 1.25 bits per heavy atom. The van der Waals surface area contributed by atoms with Gasteiger partial charge >= 0.3 is 0 Å². The Kier molecular flexibility index (Phi) is 4.05. The summed E-state index contributed by atoms with van der Waals surface area (Å²) in [6, 6.07) is 0. The molecular formula is C14H25N5O. The van der Waals surface area contributed by atoms with Gasteiger partial charge < -0.3 is 15.2 Å². The van der Waals surface area contributed by atoms with Crippen LogP contribution in [0.4, 0.5) is 0 Å². The molecule has 6 heteroatoms. The molecule has 2 heterocycles. The molecule has 6 nitrogen and oxygen atoms in total. The van der Waals surface area contributed by atoms with Crippen LogP contribution < -0.4 is 5.73 Å². The highest BCUT2D eigenvalue weighted by Crippen LogP contribution is 2.36. The predicted octanol–water partition coefficient (Wildman–Crippen LogP) is 0.979. The summed E-state index contributed by atoms with van der Waals surface area (Å²) >= 11 is 0. The van der Waals surface area contributed by atoms with E-state index in [4.69, 9.17) is 10.3 Å². The fourth-order valence-corrected chi connectivity index (χ4v) is 3.75. The van der Waals surface area contributed by atoms with Gasteiger partial charge in [0.15, 0.2) is 5.82 Å². The molecule has 0 unspecified atom stereocenters. The first-order valence-corrected chi connectivity index (χ1v) is 7.67. The van der Waals surface area contributed by atoms with E-state index >= 15 is 0 Å². The third-order valence-electron chi connectivity index (χ3n) is 4.79. The molecule has 0 bridgehead atoms. The van der Waals surface area contributed by atoms with Crippen LogP contribution in [0.3, 0.4) is 0 Å². The zero-order valence-electron chi connectivity index (χ0n) is 12.3. The average molecular weight is 279 g/mol. The Morgan fingerprint density at radius 3 is 2.75 bits per heavy atom. The third kappa shape index (κ3) is 2.73. The van der Waals surface area contributed by atoms with E-state index in [0.29, 0.717) is 18.0 Å². The van der Waals surface area contributed by atoms with Crippen molar-refractivity contribution in [2.45, 2.75) is 50.7 Å². The summed E-state index contributed by atoms with van der Waals surface area (Å²) < 4.78 is 5.13. The molecule has 1 saturated carbocycles. The highest BCUT2D eigenvalue weighted by molar-refractivity contribution is 5.00. The van der Waals surface area contributed by atoms with Crippen molar-refractivity contribution in [1.29, 1.82) is 0 Å². The van der Waals surface area contributed by atoms with Gasteiger partial charge in [0.2, 0.25) is 5.89 Å². The molecule has 112 valence electrons. The highest BCUT2D eigenvalue weighted by Gasteiger charge is 2.41. The molecule has 1 aliphatic heterocycles. The quantitative estimate of drug-likeness (QED) is 0.889. The van der Waals surface area contributed by atoms with Crippen LogP contribution in [0.15, 0.2) is 4.52 Å². The number of hydrogen-bond acceptors (Lipinski definition) is 6. The van der Waals surface area contributed by atoms with Crippen molar-refractivity contribution >= 4 is 0 Å². The van der Waals surface area contributed by atoms with E-state index in [1.54, 1.807) is 0 Å². The number of hydrogen-bond donors (Lipinski definition) is 1. The Hall–Kier alpha value is -0.980. The summed E-state index contributed by atoms with van der Waals surface area (Å²) in [4.78, 5) is 9.40. The highest BCUT2D eigenvalue weighted by atomic mass is 16.5. The van der Waals surface area contributed by atoms with Crippen LogP contribution in [0.5, 0.6) is 0 Å². The normalized spacial score (nSPS) is 24.3. The molecule has 1 spiro atoms. The van der Waals surface area contributed by atoms with Crippen molar-refractivity contribution in [3.8, 4) is 0 Å². The Balaban J connectivity index is 1.75. The van der Waals surface area contributed by atoms with E-state index in [9.17, 15) is 0 Å². The van der Waals surface area contributed by atoms with E-state index in [1.165, 1.54) is 32.1 Å². The van der Waals surface area contributed by atoms with Crippen LogP contribution in [0, 0.1) is 0 Å². The second-order valence-electron chi connectivity index (χ2n) is 6.25. The Labute approximate surface area is 120 Å². The van der Waals surface area contributed by atoms with E-state index in [2.05, 4.69) is 27.0 Å². The first kappa shape index (κ1) is 14.0. The number of nitrogens with two attached hydrogens (primary N) is 1. The minimum atomic E-state index is 0.314. The van der Waals surface area contributed by atoms with Crippen LogP contribution in [0.1, 0.15) is 43.8 Å². The third-order valence-corrected chi connectivity index (χ3v) is 4.79. The van der Waals surface area contributed by atoms with Crippen LogP contribution in [-0.2, 0) is 13.1 Å². The van der Waals surface area contributed by atoms with E-state index in [-0.39, 0.29) is 0 Å². The number of likely N-dealkylation sites (N-methyl/N-ethyl adjacent to an activating group) is 1. The molecule has 0 amide bonds. The first-order valence-electron chi connectivity index (χ1n) is 7.67. The van der Waals surface area contributed by atoms with Crippen molar-refractivity contribution in [2.75, 3.05) is 26.7 Å². The van der Waals surface area contributed by atoms with Crippen molar-refractivity contribution < 1.29 is 4.52 Å². The summed E-state index contributed by atoms with van der Waals surface area (Å²) in [6.07, 6.45) is 6.63. The molecule has 0 atom stereocenters. The van der Waals surface area contributed by atoms with Gasteiger partial charge in [-0.1, -0.05) is 24.4 Å². The lowest BCUT2D eigenvalue weighted by molar-refractivity contribution is -0.0256. The van der Waals surface area contributed by atoms with E-state index in [0.717, 1.165) is 32.0 Å². The van der Waals surface area contributed by atoms with Gasteiger partial charge in [-0.05, 0) is 19.9 Å². The first-order chi connectivity index (χ1) is 9.72. The largest absolute Gasteiger partial charge is 0.338 e. The van der Waals surface area contributed by atoms with Crippen LogP contribution in [-0.4, -0.2) is 52.2 Å². The zero-order chi connectivity index (χ0) is 14.0. The summed E-state index contributed by atoms with van der Waals surface area (Å²) in [6.45, 7) is 4.47. The number of nitrogens with zero attached hydrogens (tertiary/aromatic N) is 4. The van der Waals surface area contributed by atoms with Crippen molar-refractivity contribution in [1.82, 2.24) is 19.9 Å². The lowest BCUT2D eigenvalue weighted by Crippen LogP contribution is -2.61. The van der Waals surface area contributed by atoms with Gasteiger partial charge in [0.05, 0.1) is 13.1 Å². The van der Waals surface area contributed by atoms with Crippen LogP contribution >= 0.6 is 0 Å². The zero-order valence-corrected chi connectivity index (χ0v) is 12.3. The molecule has 2 N–H and O–H groups in total. The van der Waals surface area contributed by atoms with Gasteiger partial charge in [0.25, 0.3) is 0 Å². The van der Waals surface area contributed by atoms with Crippen molar-refractivity contribution in [2.24, 2.45) is 5.73 Å². The van der Waals surface area contributed by atoms with Gasteiger partial charge in [-0.3, -0.25) is 4.90 Å². The van der Waals surface area contributed by atoms with Gasteiger partial charge in [-0.15, -0.1) is 0 Å². The molecule has 0 aromatic carbocycles. The summed E-state index contributed by atoms with van der Waals surface area (Å²) in [7, 11) is 2.23. The molecule has 1 aromatic heterocycles. The standard InChI is InChI=1S/C14H25N5O/c1-18-7-8-19(10-12-16-13(9-15)20-17-12)14(11-18)5-3-2-4-6-14/h2-11,15H2,1H3. The smallest absolute Gasteiger partial charge is 0.240 e. The summed E-state index contributed by atoms with van der Waals surface area (Å²) in [5, 5.41) is 4.06. The summed E-state index contributed by atoms with van der Waals surface area (Å²) in [5.41, 5.74) is 5.85. The number of piperazine rings is 1. The fraction of sp³-hybridized carbons (Fsp3) is 0.857. The number of aromatic nitrogens is 2. The Morgan fingerprint density at radius 2 is 2.05 bits per heavy atom. The number of rotatable bonds is 3. The second-order valence-corrected chi connectivity index (χ2v) is 6.25. The minimum Gasteiger partial charge on any atom is -0.338 e. The van der Waals surface area contributed by atoms with Crippen molar-refractivity contribution in [3.63, 3.8) is 0 Å². The maximum absolute atomic E-state index is 5.53. The summed E-state index contributed by atoms with van der Waals surface area (Å²) in [5.74, 6) is 1.31. The maximum atomic E-state index is 5.53. The molecule has 3 rings (SSSR count). The molecule has 2 fully saturated rings. The molecule has 1 aliphatic carbocycles. The molecule has 20 heavy (non-hydrogen) atoms. The lowest BCUT2D eigenvalue weighted by atomic mass is 9.78. The monoisotopic (exact) mass is 279 g/mol. The minimum absolute atomic E-state index is 0.314. The fourth-order valence-electron chi connectivity index (χ4n) is 3.75. The predicted molar refractivity (Wildman–Crippen MR) is 75.9 cm³/mol. The van der Waals surface area contributed by atoms with E-state index < -0.39 is 0 Å². The molecule has 1 saturated heterocycles. The van der Waals surface area contributed by atoms with Crippen LogP contribution in [0.25, 0.3) is 0 Å². The van der Waals surface area contributed by atoms with Gasteiger partial charge in [0, 0.05) is 25.2 Å². The molecular weight excluding hydrogens is 254 g/mol. The van der Waals surface area contributed by atoms with Crippen LogP contribution in [0.2, 0.25) is 0 Å². The van der Waals surface area contributed by atoms with Gasteiger partial charge in [0.1, 0.15) is 0 Å². The van der Waals surface area contributed by atoms with Crippen molar-refractivity contribution in [3.05, 3.63) is 11.7 Å². The SMILES string of the molecule is CN1CCN(Cc2noc(CN)n2)C2(CCCCC2)C1. The van der Waals surface area contributed by atoms with Gasteiger partial charge in [-0.2, -0.15) is 4.98 Å². The molecule has 0 radical (unpaired) electrons. The molecule has 2 aliphatic rings. The topological polar surface area (TPSA) is 71.4 Å².